The number of rotatable bonds is 2. The maximum absolute atomic E-state index is 5.15. The Bertz CT molecular complexity index is 938. The van der Waals surface area contributed by atoms with Crippen molar-refractivity contribution in [2.24, 2.45) is 9.98 Å². The molecule has 0 saturated carbocycles. The summed E-state index contributed by atoms with van der Waals surface area (Å²) in [6.07, 6.45) is 0. The van der Waals surface area contributed by atoms with Crippen LogP contribution in [0.5, 0.6) is 0 Å². The third-order valence-corrected chi connectivity index (χ3v) is 5.27. The highest BCUT2D eigenvalue weighted by Gasteiger charge is 2.25. The van der Waals surface area contributed by atoms with Crippen LogP contribution in [0.25, 0.3) is 0 Å². The number of aliphatic imine (C=N–C) groups is 2. The van der Waals surface area contributed by atoms with Crippen molar-refractivity contribution >= 4 is 28.6 Å². The van der Waals surface area contributed by atoms with Crippen LogP contribution in [0.15, 0.2) is 76.0 Å². The smallest absolute Gasteiger partial charge is 0.142 e. The monoisotopic (exact) mass is 345 g/mol. The molecule has 2 aromatic carbocycles. The van der Waals surface area contributed by atoms with Crippen molar-refractivity contribution in [2.75, 3.05) is 12.4 Å². The number of fused-ring (bicyclic) bond motifs is 1. The molecule has 0 radical (unpaired) electrons. The third-order valence-electron chi connectivity index (χ3n) is 4.34. The molecule has 0 aliphatic carbocycles. The lowest BCUT2D eigenvalue weighted by atomic mass is 10.00. The van der Waals surface area contributed by atoms with Gasteiger partial charge in [0.15, 0.2) is 0 Å². The average Bonchev–Trinajstić information content (AvgIpc) is 3.11. The van der Waals surface area contributed by atoms with Gasteiger partial charge in [0.05, 0.1) is 5.71 Å². The predicted molar refractivity (Wildman–Crippen MR) is 107 cm³/mol. The topological polar surface area (TPSA) is 36.8 Å². The van der Waals surface area contributed by atoms with Gasteiger partial charge in [0.1, 0.15) is 11.9 Å². The largest absolute Gasteiger partial charge is 0.341 e. The van der Waals surface area contributed by atoms with E-state index in [1.807, 2.05) is 13.1 Å². The normalized spacial score (nSPS) is 18.2. The fourth-order valence-electron chi connectivity index (χ4n) is 3.03. The summed E-state index contributed by atoms with van der Waals surface area (Å²) >= 11 is 1.71. The Balaban J connectivity index is 1.94. The van der Waals surface area contributed by atoms with Crippen molar-refractivity contribution in [3.8, 4) is 0 Å². The SMILES string of the molecule is CN=C1Nc2ccccc2C(c2ccc(C)cc2)=NC1c1cccs1. The van der Waals surface area contributed by atoms with Crippen molar-refractivity contribution in [1.82, 2.24) is 0 Å². The van der Waals surface area contributed by atoms with Crippen LogP contribution in [0, 0.1) is 6.92 Å². The number of nitrogens with one attached hydrogen (secondary N) is 1. The highest BCUT2D eigenvalue weighted by Crippen LogP contribution is 2.32. The molecule has 0 bridgehead atoms. The molecule has 1 unspecified atom stereocenters. The molecule has 0 spiro atoms. The first-order chi connectivity index (χ1) is 12.3. The van der Waals surface area contributed by atoms with Gasteiger partial charge < -0.3 is 5.32 Å². The number of benzene rings is 2. The fourth-order valence-corrected chi connectivity index (χ4v) is 3.79. The molecule has 0 amide bonds. The first kappa shape index (κ1) is 15.8. The number of hydrogen-bond donors (Lipinski definition) is 1. The van der Waals surface area contributed by atoms with Gasteiger partial charge >= 0.3 is 0 Å². The van der Waals surface area contributed by atoms with E-state index in [-0.39, 0.29) is 6.04 Å². The Labute approximate surface area is 151 Å². The molecule has 3 aromatic rings. The predicted octanol–water partition coefficient (Wildman–Crippen LogP) is 5.09. The van der Waals surface area contributed by atoms with Gasteiger partial charge in [-0.05, 0) is 24.4 Å². The zero-order chi connectivity index (χ0) is 17.2. The maximum atomic E-state index is 5.15. The van der Waals surface area contributed by atoms with E-state index in [4.69, 9.17) is 4.99 Å². The number of thiophene rings is 1. The number of aryl methyl sites for hydroxylation is 1. The van der Waals surface area contributed by atoms with Crippen LogP contribution in [0.4, 0.5) is 5.69 Å². The first-order valence-corrected chi connectivity index (χ1v) is 9.15. The molecule has 0 fully saturated rings. The van der Waals surface area contributed by atoms with Crippen LogP contribution in [-0.4, -0.2) is 18.6 Å². The quantitative estimate of drug-likeness (QED) is 0.690. The summed E-state index contributed by atoms with van der Waals surface area (Å²) in [5, 5.41) is 5.59. The molecule has 25 heavy (non-hydrogen) atoms. The lowest BCUT2D eigenvalue weighted by molar-refractivity contribution is 0.982. The lowest BCUT2D eigenvalue weighted by Gasteiger charge is -2.13. The Hall–Kier alpha value is -2.72. The first-order valence-electron chi connectivity index (χ1n) is 8.27. The van der Waals surface area contributed by atoms with Crippen LogP contribution in [-0.2, 0) is 0 Å². The Morgan fingerprint density at radius 1 is 1.00 bits per heavy atom. The molecule has 2 heterocycles. The van der Waals surface area contributed by atoms with Crippen molar-refractivity contribution in [1.29, 1.82) is 0 Å². The van der Waals surface area contributed by atoms with Gasteiger partial charge in [-0.1, -0.05) is 54.1 Å². The van der Waals surface area contributed by atoms with Gasteiger partial charge in [-0.3, -0.25) is 9.98 Å². The molecule has 124 valence electrons. The van der Waals surface area contributed by atoms with Crippen molar-refractivity contribution < 1.29 is 0 Å². The number of para-hydroxylation sites is 1. The van der Waals surface area contributed by atoms with Crippen LogP contribution in [0.2, 0.25) is 0 Å². The Morgan fingerprint density at radius 3 is 2.52 bits per heavy atom. The Morgan fingerprint density at radius 2 is 1.80 bits per heavy atom. The summed E-state index contributed by atoms with van der Waals surface area (Å²) in [6.45, 7) is 2.10. The minimum absolute atomic E-state index is 0.117. The molecule has 1 atom stereocenters. The second-order valence-electron chi connectivity index (χ2n) is 6.04. The third kappa shape index (κ3) is 3.01. The molecule has 1 aliphatic heterocycles. The average molecular weight is 345 g/mol. The summed E-state index contributed by atoms with van der Waals surface area (Å²) in [5.41, 5.74) is 5.52. The molecular weight excluding hydrogens is 326 g/mol. The van der Waals surface area contributed by atoms with Crippen molar-refractivity contribution in [3.05, 3.63) is 87.6 Å². The van der Waals surface area contributed by atoms with Gasteiger partial charge in [0, 0.05) is 28.7 Å². The number of anilines is 1. The Kier molecular flexibility index (Phi) is 4.20. The van der Waals surface area contributed by atoms with E-state index in [9.17, 15) is 0 Å². The van der Waals surface area contributed by atoms with Gasteiger partial charge in [0.25, 0.3) is 0 Å². The second kappa shape index (κ2) is 6.65. The maximum Gasteiger partial charge on any atom is 0.142 e. The van der Waals surface area contributed by atoms with E-state index >= 15 is 0 Å². The molecule has 1 aromatic heterocycles. The van der Waals surface area contributed by atoms with Crippen LogP contribution < -0.4 is 5.32 Å². The zero-order valence-corrected chi connectivity index (χ0v) is 15.0. The van der Waals surface area contributed by atoms with Crippen LogP contribution >= 0.6 is 11.3 Å². The minimum atomic E-state index is -0.117. The molecule has 3 nitrogen and oxygen atoms in total. The standard InChI is InChI=1S/C21H19N3S/c1-14-9-11-15(12-10-14)19-16-6-3-4-7-17(16)23-21(22-2)20(24-19)18-8-5-13-25-18/h3-13,20H,1-2H3,(H,22,23). The van der Waals surface area contributed by atoms with Crippen LogP contribution in [0.3, 0.4) is 0 Å². The summed E-state index contributed by atoms with van der Waals surface area (Å²) in [7, 11) is 1.82. The van der Waals surface area contributed by atoms with Gasteiger partial charge in [-0.2, -0.15) is 0 Å². The van der Waals surface area contributed by atoms with E-state index in [0.717, 1.165) is 28.4 Å². The molecular formula is C21H19N3S. The second-order valence-corrected chi connectivity index (χ2v) is 7.02. The number of amidine groups is 1. The number of benzodiazepines with no additional fused rings is 1. The molecule has 4 rings (SSSR count). The summed E-state index contributed by atoms with van der Waals surface area (Å²) in [4.78, 5) is 10.8. The molecule has 1 aliphatic rings. The summed E-state index contributed by atoms with van der Waals surface area (Å²) < 4.78 is 0. The molecule has 1 N–H and O–H groups in total. The minimum Gasteiger partial charge on any atom is -0.341 e. The highest BCUT2D eigenvalue weighted by atomic mass is 32.1. The van der Waals surface area contributed by atoms with E-state index in [1.54, 1.807) is 11.3 Å². The lowest BCUT2D eigenvalue weighted by Crippen LogP contribution is -2.18. The summed E-state index contributed by atoms with van der Waals surface area (Å²) in [6, 6.07) is 20.9. The van der Waals surface area contributed by atoms with E-state index in [1.165, 1.54) is 10.4 Å². The summed E-state index contributed by atoms with van der Waals surface area (Å²) in [5.74, 6) is 0.872. The van der Waals surface area contributed by atoms with Gasteiger partial charge in [0.2, 0.25) is 0 Å². The van der Waals surface area contributed by atoms with Gasteiger partial charge in [-0.15, -0.1) is 11.3 Å². The fraction of sp³-hybridized carbons (Fsp3) is 0.143. The molecule has 0 saturated heterocycles. The molecule has 4 heteroatoms. The van der Waals surface area contributed by atoms with Gasteiger partial charge in [-0.25, -0.2) is 0 Å². The van der Waals surface area contributed by atoms with E-state index in [0.29, 0.717) is 0 Å². The van der Waals surface area contributed by atoms with E-state index < -0.39 is 0 Å². The number of hydrogen-bond acceptors (Lipinski definition) is 3. The van der Waals surface area contributed by atoms with E-state index in [2.05, 4.69) is 77.2 Å². The van der Waals surface area contributed by atoms with Crippen molar-refractivity contribution in [2.45, 2.75) is 13.0 Å². The highest BCUT2D eigenvalue weighted by molar-refractivity contribution is 7.10. The van der Waals surface area contributed by atoms with Crippen molar-refractivity contribution in [3.63, 3.8) is 0 Å². The zero-order valence-electron chi connectivity index (χ0n) is 14.2. The van der Waals surface area contributed by atoms with Crippen LogP contribution in [0.1, 0.15) is 27.6 Å². The number of nitrogens with zero attached hydrogens (tertiary/aromatic N) is 2.